The van der Waals surface area contributed by atoms with Gasteiger partial charge in [-0.05, 0) is 31.9 Å². The highest BCUT2D eigenvalue weighted by atomic mass is 32.2. The first kappa shape index (κ1) is 17.7. The van der Waals surface area contributed by atoms with Gasteiger partial charge in [0.2, 0.25) is 5.91 Å². The zero-order valence-electron chi connectivity index (χ0n) is 14.8. The Hall–Kier alpha value is -2.08. The number of hydrogen-bond acceptors (Lipinski definition) is 4. The van der Waals surface area contributed by atoms with Crippen LogP contribution >= 0.6 is 11.8 Å². The van der Waals surface area contributed by atoms with Gasteiger partial charge in [0.15, 0.2) is 5.16 Å². The number of amides is 1. The fourth-order valence-electron chi connectivity index (χ4n) is 3.10. The highest BCUT2D eigenvalue weighted by molar-refractivity contribution is 7.99. The molecule has 3 rings (SSSR count). The van der Waals surface area contributed by atoms with Crippen LogP contribution in [-0.4, -0.2) is 21.2 Å². The SMILES string of the molecule is CCCc1cc(=O)n2c(n1)SCC2CC(=O)Nc1ccc(C)cc1C. The third kappa shape index (κ3) is 3.95. The molecule has 0 radical (unpaired) electrons. The molecule has 0 saturated heterocycles. The molecule has 1 aliphatic heterocycles. The van der Waals surface area contributed by atoms with Crippen LogP contribution in [0.2, 0.25) is 0 Å². The lowest BCUT2D eigenvalue weighted by Gasteiger charge is -2.14. The third-order valence-corrected chi connectivity index (χ3v) is 5.42. The predicted molar refractivity (Wildman–Crippen MR) is 101 cm³/mol. The molecule has 132 valence electrons. The van der Waals surface area contributed by atoms with Crippen molar-refractivity contribution < 1.29 is 4.79 Å². The number of carbonyl (C=O) groups is 1. The smallest absolute Gasteiger partial charge is 0.254 e. The van der Waals surface area contributed by atoms with Crippen molar-refractivity contribution in [2.75, 3.05) is 11.1 Å². The fraction of sp³-hybridized carbons (Fsp3) is 0.421. The Morgan fingerprint density at radius 1 is 1.36 bits per heavy atom. The molecule has 0 aliphatic carbocycles. The monoisotopic (exact) mass is 357 g/mol. The summed E-state index contributed by atoms with van der Waals surface area (Å²) in [5.41, 5.74) is 3.81. The topological polar surface area (TPSA) is 64.0 Å². The lowest BCUT2D eigenvalue weighted by Crippen LogP contribution is -2.27. The minimum Gasteiger partial charge on any atom is -0.326 e. The van der Waals surface area contributed by atoms with Crippen molar-refractivity contribution in [1.29, 1.82) is 0 Å². The van der Waals surface area contributed by atoms with Crippen molar-refractivity contribution >= 4 is 23.4 Å². The summed E-state index contributed by atoms with van der Waals surface area (Å²) in [6.45, 7) is 6.07. The number of carbonyl (C=O) groups excluding carboxylic acids is 1. The lowest BCUT2D eigenvalue weighted by molar-refractivity contribution is -0.116. The summed E-state index contributed by atoms with van der Waals surface area (Å²) in [5, 5.41) is 3.70. The number of hydrogen-bond donors (Lipinski definition) is 1. The molecule has 0 saturated carbocycles. The van der Waals surface area contributed by atoms with Crippen LogP contribution in [0.15, 0.2) is 34.2 Å². The summed E-state index contributed by atoms with van der Waals surface area (Å²) in [5.74, 6) is 0.632. The van der Waals surface area contributed by atoms with Gasteiger partial charge in [0.05, 0.1) is 6.04 Å². The molecule has 5 nitrogen and oxygen atoms in total. The number of nitrogens with one attached hydrogen (secondary N) is 1. The van der Waals surface area contributed by atoms with Gasteiger partial charge in [0, 0.05) is 29.6 Å². The van der Waals surface area contributed by atoms with Gasteiger partial charge in [-0.3, -0.25) is 14.2 Å². The second-order valence-electron chi connectivity index (χ2n) is 6.52. The first-order valence-corrected chi connectivity index (χ1v) is 9.59. The Bertz CT molecular complexity index is 860. The molecular formula is C19H23N3O2S. The molecule has 2 aromatic rings. The number of aromatic nitrogens is 2. The highest BCUT2D eigenvalue weighted by Gasteiger charge is 2.27. The molecule has 1 atom stereocenters. The van der Waals surface area contributed by atoms with Crippen LogP contribution in [-0.2, 0) is 11.2 Å². The van der Waals surface area contributed by atoms with Gasteiger partial charge in [-0.25, -0.2) is 4.98 Å². The van der Waals surface area contributed by atoms with Crippen LogP contribution in [0.3, 0.4) is 0 Å². The normalized spacial score (nSPS) is 15.9. The van der Waals surface area contributed by atoms with Crippen LogP contribution in [0, 0.1) is 13.8 Å². The van der Waals surface area contributed by atoms with E-state index in [0.29, 0.717) is 5.75 Å². The zero-order valence-corrected chi connectivity index (χ0v) is 15.7. The Balaban J connectivity index is 1.73. The number of thioether (sulfide) groups is 1. The van der Waals surface area contributed by atoms with Gasteiger partial charge in [-0.1, -0.05) is 42.8 Å². The molecule has 0 spiro atoms. The van der Waals surface area contributed by atoms with E-state index in [1.54, 1.807) is 22.4 Å². The van der Waals surface area contributed by atoms with Crippen LogP contribution < -0.4 is 10.9 Å². The molecule has 25 heavy (non-hydrogen) atoms. The third-order valence-electron chi connectivity index (χ3n) is 4.33. The zero-order chi connectivity index (χ0) is 18.0. The number of fused-ring (bicyclic) bond motifs is 1. The molecule has 1 aromatic carbocycles. The van der Waals surface area contributed by atoms with Gasteiger partial charge < -0.3 is 5.32 Å². The van der Waals surface area contributed by atoms with Gasteiger partial charge in [-0.2, -0.15) is 0 Å². The van der Waals surface area contributed by atoms with Crippen LogP contribution in [0.5, 0.6) is 0 Å². The molecule has 1 N–H and O–H groups in total. The second kappa shape index (κ2) is 7.44. The van der Waals surface area contributed by atoms with Crippen molar-refractivity contribution in [1.82, 2.24) is 9.55 Å². The lowest BCUT2D eigenvalue weighted by atomic mass is 10.1. The molecule has 1 unspecified atom stereocenters. The van der Waals surface area contributed by atoms with E-state index in [9.17, 15) is 9.59 Å². The molecule has 6 heteroatoms. The minimum absolute atomic E-state index is 0.0530. The van der Waals surface area contributed by atoms with E-state index in [4.69, 9.17) is 0 Å². The molecular weight excluding hydrogens is 334 g/mol. The highest BCUT2D eigenvalue weighted by Crippen LogP contribution is 2.32. The number of nitrogens with zero attached hydrogens (tertiary/aromatic N) is 2. The van der Waals surface area contributed by atoms with E-state index in [0.717, 1.165) is 40.5 Å². The molecule has 0 bridgehead atoms. The molecule has 1 amide bonds. The van der Waals surface area contributed by atoms with Crippen molar-refractivity contribution in [3.63, 3.8) is 0 Å². The van der Waals surface area contributed by atoms with E-state index < -0.39 is 0 Å². The van der Waals surface area contributed by atoms with Gasteiger partial charge in [-0.15, -0.1) is 0 Å². The number of benzene rings is 1. The van der Waals surface area contributed by atoms with E-state index in [1.165, 1.54) is 0 Å². The number of anilines is 1. The molecule has 1 aliphatic rings. The summed E-state index contributed by atoms with van der Waals surface area (Å²) in [6.07, 6.45) is 2.05. The molecule has 2 heterocycles. The summed E-state index contributed by atoms with van der Waals surface area (Å²) in [4.78, 5) is 29.4. The first-order valence-electron chi connectivity index (χ1n) is 8.60. The van der Waals surface area contributed by atoms with Gasteiger partial charge in [0.25, 0.3) is 5.56 Å². The average molecular weight is 357 g/mol. The van der Waals surface area contributed by atoms with E-state index in [-0.39, 0.29) is 23.9 Å². The maximum Gasteiger partial charge on any atom is 0.254 e. The predicted octanol–water partition coefficient (Wildman–Crippen LogP) is 3.49. The van der Waals surface area contributed by atoms with E-state index in [1.807, 2.05) is 32.0 Å². The Kier molecular flexibility index (Phi) is 5.27. The second-order valence-corrected chi connectivity index (χ2v) is 7.51. The van der Waals surface area contributed by atoms with Crippen LogP contribution in [0.4, 0.5) is 5.69 Å². The molecule has 1 aromatic heterocycles. The van der Waals surface area contributed by atoms with Crippen molar-refractivity contribution in [3.05, 3.63) is 51.4 Å². The largest absolute Gasteiger partial charge is 0.326 e. The summed E-state index contributed by atoms with van der Waals surface area (Å²) in [7, 11) is 0. The Labute approximate surface area is 151 Å². The summed E-state index contributed by atoms with van der Waals surface area (Å²) in [6, 6.07) is 7.41. The first-order chi connectivity index (χ1) is 12.0. The van der Waals surface area contributed by atoms with Crippen molar-refractivity contribution in [2.24, 2.45) is 0 Å². The molecule has 0 fully saturated rings. The maximum atomic E-state index is 12.4. The van der Waals surface area contributed by atoms with E-state index >= 15 is 0 Å². The summed E-state index contributed by atoms with van der Waals surface area (Å²) < 4.78 is 1.67. The number of aryl methyl sites for hydroxylation is 3. The Morgan fingerprint density at radius 3 is 2.88 bits per heavy atom. The minimum atomic E-state index is -0.138. The Morgan fingerprint density at radius 2 is 2.16 bits per heavy atom. The van der Waals surface area contributed by atoms with Crippen molar-refractivity contribution in [3.8, 4) is 0 Å². The van der Waals surface area contributed by atoms with Crippen LogP contribution in [0.1, 0.15) is 42.6 Å². The van der Waals surface area contributed by atoms with Gasteiger partial charge in [0.1, 0.15) is 0 Å². The van der Waals surface area contributed by atoms with Crippen molar-refractivity contribution in [2.45, 2.75) is 51.2 Å². The fourth-order valence-corrected chi connectivity index (χ4v) is 4.27. The quantitative estimate of drug-likeness (QED) is 0.832. The van der Waals surface area contributed by atoms with Gasteiger partial charge >= 0.3 is 0 Å². The van der Waals surface area contributed by atoms with Crippen LogP contribution in [0.25, 0.3) is 0 Å². The van der Waals surface area contributed by atoms with E-state index in [2.05, 4.69) is 17.2 Å². The summed E-state index contributed by atoms with van der Waals surface area (Å²) >= 11 is 1.56. The number of rotatable bonds is 5. The average Bonchev–Trinajstić information content (AvgIpc) is 2.94. The standard InChI is InChI=1S/C19H23N3O2S/c1-4-5-14-9-18(24)22-15(11-25-19(22)20-14)10-17(23)21-16-7-6-12(2)8-13(16)3/h6-9,15H,4-5,10-11H2,1-3H3,(H,21,23). The maximum absolute atomic E-state index is 12.4.